The molecule has 1 fully saturated rings. The molecule has 0 spiro atoms. The van der Waals surface area contributed by atoms with Gasteiger partial charge < -0.3 is 4.90 Å². The highest BCUT2D eigenvalue weighted by molar-refractivity contribution is 9.09. The third-order valence-corrected chi connectivity index (χ3v) is 4.66. The van der Waals surface area contributed by atoms with E-state index in [0.717, 1.165) is 17.8 Å². The summed E-state index contributed by atoms with van der Waals surface area (Å²) in [6.07, 6.45) is 4.99. The molecule has 0 aromatic carbocycles. The van der Waals surface area contributed by atoms with Crippen LogP contribution in [-0.2, 0) is 12.8 Å². The van der Waals surface area contributed by atoms with E-state index in [1.54, 1.807) is 0 Å². The first-order valence-corrected chi connectivity index (χ1v) is 7.28. The maximum atomic E-state index is 4.81. The summed E-state index contributed by atoms with van der Waals surface area (Å²) in [5, 5.41) is 1.12. The van der Waals surface area contributed by atoms with Gasteiger partial charge in [0, 0.05) is 24.1 Å². The van der Waals surface area contributed by atoms with Crippen LogP contribution in [0.1, 0.15) is 24.1 Å². The van der Waals surface area contributed by atoms with Crippen molar-refractivity contribution in [3.63, 3.8) is 0 Å². The zero-order valence-corrected chi connectivity index (χ0v) is 11.0. The number of nitrogens with zero attached hydrogens (tertiary/aromatic N) is 2. The van der Waals surface area contributed by atoms with Gasteiger partial charge in [-0.1, -0.05) is 22.0 Å². The third kappa shape index (κ3) is 1.86. The molecular weight excluding hydrogens is 264 g/mol. The number of alkyl halides is 1. The van der Waals surface area contributed by atoms with Gasteiger partial charge in [0.1, 0.15) is 5.82 Å². The Hall–Kier alpha value is -0.570. The Morgan fingerprint density at radius 2 is 2.31 bits per heavy atom. The summed E-state index contributed by atoms with van der Waals surface area (Å²) in [5.41, 5.74) is 2.82. The molecule has 0 bridgehead atoms. The molecule has 1 aliphatic carbocycles. The number of fused-ring (bicyclic) bond motifs is 1. The Labute approximate surface area is 105 Å². The molecule has 1 aliphatic heterocycles. The smallest absolute Gasteiger partial charge is 0.128 e. The van der Waals surface area contributed by atoms with Crippen molar-refractivity contribution >= 4 is 21.7 Å². The van der Waals surface area contributed by atoms with Gasteiger partial charge >= 0.3 is 0 Å². The number of halogens is 1. The number of pyridine rings is 1. The molecule has 2 nitrogen and oxygen atoms in total. The van der Waals surface area contributed by atoms with Crippen molar-refractivity contribution in [1.82, 2.24) is 4.98 Å². The molecule has 1 atom stereocenters. The first kappa shape index (κ1) is 10.6. The van der Waals surface area contributed by atoms with Crippen LogP contribution in [0.4, 0.5) is 5.82 Å². The lowest BCUT2D eigenvalue weighted by atomic mass is 10.2. The van der Waals surface area contributed by atoms with Gasteiger partial charge in [-0.3, -0.25) is 0 Å². The second kappa shape index (κ2) is 4.36. The zero-order chi connectivity index (χ0) is 11.0. The van der Waals surface area contributed by atoms with E-state index in [-0.39, 0.29) is 0 Å². The summed E-state index contributed by atoms with van der Waals surface area (Å²) < 4.78 is 0. The minimum atomic E-state index is 0.801. The standard InChI is InChI=1S/C13H17BrN2/c14-8-10-6-7-16(9-10)13-5-4-11-2-1-3-12(11)15-13/h4-5,10H,1-3,6-9H2. The van der Waals surface area contributed by atoms with Crippen LogP contribution in [0, 0.1) is 5.92 Å². The molecule has 16 heavy (non-hydrogen) atoms. The first-order valence-electron chi connectivity index (χ1n) is 6.16. The average Bonchev–Trinajstić information content (AvgIpc) is 2.96. The maximum absolute atomic E-state index is 4.81. The van der Waals surface area contributed by atoms with E-state index in [0.29, 0.717) is 0 Å². The number of aromatic nitrogens is 1. The van der Waals surface area contributed by atoms with Gasteiger partial charge in [-0.2, -0.15) is 0 Å². The monoisotopic (exact) mass is 280 g/mol. The highest BCUT2D eigenvalue weighted by Crippen LogP contribution is 2.27. The predicted octanol–water partition coefficient (Wildman–Crippen LogP) is 2.79. The maximum Gasteiger partial charge on any atom is 0.128 e. The van der Waals surface area contributed by atoms with Crippen molar-refractivity contribution in [2.24, 2.45) is 5.92 Å². The van der Waals surface area contributed by atoms with E-state index >= 15 is 0 Å². The third-order valence-electron chi connectivity index (χ3n) is 3.74. The summed E-state index contributed by atoms with van der Waals surface area (Å²) in [4.78, 5) is 7.25. The van der Waals surface area contributed by atoms with E-state index < -0.39 is 0 Å². The number of anilines is 1. The van der Waals surface area contributed by atoms with Crippen molar-refractivity contribution in [1.29, 1.82) is 0 Å². The fourth-order valence-electron chi connectivity index (χ4n) is 2.75. The Morgan fingerprint density at radius 3 is 3.12 bits per heavy atom. The molecule has 0 N–H and O–H groups in total. The van der Waals surface area contributed by atoms with E-state index in [4.69, 9.17) is 4.98 Å². The van der Waals surface area contributed by atoms with Crippen LogP contribution in [0.25, 0.3) is 0 Å². The second-order valence-electron chi connectivity index (χ2n) is 4.88. The van der Waals surface area contributed by atoms with Crippen LogP contribution < -0.4 is 4.90 Å². The lowest BCUT2D eigenvalue weighted by Gasteiger charge is -2.18. The van der Waals surface area contributed by atoms with Gasteiger partial charge in [-0.25, -0.2) is 4.98 Å². The van der Waals surface area contributed by atoms with E-state index in [2.05, 4.69) is 33.0 Å². The molecule has 3 rings (SSSR count). The SMILES string of the molecule is BrCC1CCN(c2ccc3c(n2)CCC3)C1. The quantitative estimate of drug-likeness (QED) is 0.775. The minimum absolute atomic E-state index is 0.801. The van der Waals surface area contributed by atoms with Gasteiger partial charge in [0.25, 0.3) is 0 Å². The van der Waals surface area contributed by atoms with Crippen LogP contribution in [0.3, 0.4) is 0 Å². The van der Waals surface area contributed by atoms with Crippen molar-refractivity contribution in [2.45, 2.75) is 25.7 Å². The molecule has 3 heteroatoms. The Morgan fingerprint density at radius 1 is 1.38 bits per heavy atom. The lowest BCUT2D eigenvalue weighted by Crippen LogP contribution is -2.21. The Kier molecular flexibility index (Phi) is 2.88. The predicted molar refractivity (Wildman–Crippen MR) is 70.4 cm³/mol. The normalized spacial score (nSPS) is 23.8. The first-order chi connectivity index (χ1) is 7.86. The van der Waals surface area contributed by atoms with Crippen LogP contribution in [0.5, 0.6) is 0 Å². The largest absolute Gasteiger partial charge is 0.356 e. The molecule has 1 unspecified atom stereocenters. The van der Waals surface area contributed by atoms with E-state index in [1.807, 2.05) is 0 Å². The van der Waals surface area contributed by atoms with E-state index in [9.17, 15) is 0 Å². The Bertz CT molecular complexity index is 392. The van der Waals surface area contributed by atoms with Crippen LogP contribution in [0.2, 0.25) is 0 Å². The van der Waals surface area contributed by atoms with Crippen LogP contribution in [-0.4, -0.2) is 23.4 Å². The minimum Gasteiger partial charge on any atom is -0.356 e. The van der Waals surface area contributed by atoms with Gasteiger partial charge in [0.05, 0.1) is 0 Å². The number of aryl methyl sites for hydroxylation is 2. The Balaban J connectivity index is 1.80. The lowest BCUT2D eigenvalue weighted by molar-refractivity contribution is 0.675. The number of rotatable bonds is 2. The van der Waals surface area contributed by atoms with Crippen molar-refractivity contribution in [3.8, 4) is 0 Å². The molecule has 86 valence electrons. The van der Waals surface area contributed by atoms with Gasteiger partial charge in [0.2, 0.25) is 0 Å². The summed E-state index contributed by atoms with van der Waals surface area (Å²) in [5.74, 6) is 2.00. The van der Waals surface area contributed by atoms with Crippen LogP contribution in [0.15, 0.2) is 12.1 Å². The van der Waals surface area contributed by atoms with Crippen LogP contribution >= 0.6 is 15.9 Å². The number of hydrogen-bond acceptors (Lipinski definition) is 2. The summed E-state index contributed by atoms with van der Waals surface area (Å²) in [6.45, 7) is 2.33. The molecule has 2 aliphatic rings. The molecule has 1 aromatic heterocycles. The summed E-state index contributed by atoms with van der Waals surface area (Å²) in [7, 11) is 0. The highest BCUT2D eigenvalue weighted by Gasteiger charge is 2.23. The highest BCUT2D eigenvalue weighted by atomic mass is 79.9. The van der Waals surface area contributed by atoms with E-state index in [1.165, 1.54) is 49.3 Å². The van der Waals surface area contributed by atoms with Crippen molar-refractivity contribution < 1.29 is 0 Å². The fourth-order valence-corrected chi connectivity index (χ4v) is 3.28. The molecular formula is C13H17BrN2. The summed E-state index contributed by atoms with van der Waals surface area (Å²) in [6, 6.07) is 4.49. The van der Waals surface area contributed by atoms with Gasteiger partial charge in [-0.05, 0) is 43.2 Å². The molecule has 2 heterocycles. The number of hydrogen-bond donors (Lipinski definition) is 0. The zero-order valence-electron chi connectivity index (χ0n) is 9.45. The molecule has 1 saturated heterocycles. The molecule has 0 saturated carbocycles. The van der Waals surface area contributed by atoms with Crippen molar-refractivity contribution in [2.75, 3.05) is 23.3 Å². The van der Waals surface area contributed by atoms with Gasteiger partial charge in [-0.15, -0.1) is 0 Å². The molecule has 0 radical (unpaired) electrons. The molecule has 0 amide bonds. The summed E-state index contributed by atoms with van der Waals surface area (Å²) >= 11 is 3.58. The van der Waals surface area contributed by atoms with Crippen molar-refractivity contribution in [3.05, 3.63) is 23.4 Å². The second-order valence-corrected chi connectivity index (χ2v) is 5.53. The average molecular weight is 281 g/mol. The fraction of sp³-hybridized carbons (Fsp3) is 0.615. The van der Waals surface area contributed by atoms with Gasteiger partial charge in [0.15, 0.2) is 0 Å². The molecule has 1 aromatic rings. The topological polar surface area (TPSA) is 16.1 Å².